The number of carbonyl (C=O) groups excluding carboxylic acids is 1. The summed E-state index contributed by atoms with van der Waals surface area (Å²) in [5, 5.41) is 11.6. The van der Waals surface area contributed by atoms with E-state index in [1.54, 1.807) is 17.5 Å². The molecule has 0 fully saturated rings. The number of hydrogen-bond donors (Lipinski definition) is 1. The topological polar surface area (TPSA) is 69.0 Å². The SMILES string of the molecule is Cc1nc(-c2cccs2)sc1NC(=O)OCc1ccc2c(cnn2C)c1. The predicted octanol–water partition coefficient (Wildman–Crippen LogP) is 4.82. The van der Waals surface area contributed by atoms with E-state index in [1.807, 2.05) is 54.4 Å². The molecular formula is C18H16N4O2S2. The quantitative estimate of drug-likeness (QED) is 0.548. The smallest absolute Gasteiger partial charge is 0.412 e. The van der Waals surface area contributed by atoms with Crippen molar-refractivity contribution in [2.45, 2.75) is 13.5 Å². The third kappa shape index (κ3) is 3.33. The number of hydrogen-bond acceptors (Lipinski definition) is 6. The van der Waals surface area contributed by atoms with Crippen molar-refractivity contribution in [1.82, 2.24) is 14.8 Å². The van der Waals surface area contributed by atoms with Gasteiger partial charge in [0.05, 0.1) is 22.3 Å². The van der Waals surface area contributed by atoms with Gasteiger partial charge in [-0.3, -0.25) is 10.00 Å². The molecule has 0 radical (unpaired) electrons. The van der Waals surface area contributed by atoms with Crippen molar-refractivity contribution in [3.63, 3.8) is 0 Å². The molecule has 132 valence electrons. The Morgan fingerprint density at radius 1 is 1.35 bits per heavy atom. The van der Waals surface area contributed by atoms with Gasteiger partial charge in [-0.05, 0) is 36.1 Å². The molecule has 4 aromatic rings. The van der Waals surface area contributed by atoms with Crippen molar-refractivity contribution in [2.24, 2.45) is 7.05 Å². The first-order valence-electron chi connectivity index (χ1n) is 7.96. The van der Waals surface area contributed by atoms with E-state index in [2.05, 4.69) is 15.4 Å². The number of rotatable bonds is 4. The molecule has 26 heavy (non-hydrogen) atoms. The number of thiazole rings is 1. The fourth-order valence-electron chi connectivity index (χ4n) is 2.60. The van der Waals surface area contributed by atoms with Crippen LogP contribution in [0.2, 0.25) is 0 Å². The zero-order chi connectivity index (χ0) is 18.1. The van der Waals surface area contributed by atoms with Gasteiger partial charge in [0.1, 0.15) is 16.6 Å². The van der Waals surface area contributed by atoms with Gasteiger partial charge >= 0.3 is 6.09 Å². The Bertz CT molecular complexity index is 1070. The number of aromatic nitrogens is 3. The Labute approximate surface area is 158 Å². The molecule has 1 amide bonds. The lowest BCUT2D eigenvalue weighted by Gasteiger charge is -2.06. The maximum atomic E-state index is 12.1. The number of amides is 1. The molecule has 3 heterocycles. The van der Waals surface area contributed by atoms with Crippen molar-refractivity contribution in [1.29, 1.82) is 0 Å². The van der Waals surface area contributed by atoms with Crippen LogP contribution >= 0.6 is 22.7 Å². The fraction of sp³-hybridized carbons (Fsp3) is 0.167. The first-order chi connectivity index (χ1) is 12.6. The lowest BCUT2D eigenvalue weighted by atomic mass is 10.2. The van der Waals surface area contributed by atoms with Crippen molar-refractivity contribution in [2.75, 3.05) is 5.32 Å². The first kappa shape index (κ1) is 16.7. The van der Waals surface area contributed by atoms with Crippen LogP contribution < -0.4 is 5.32 Å². The minimum atomic E-state index is -0.485. The molecule has 0 spiro atoms. The Kier molecular flexibility index (Phi) is 4.44. The predicted molar refractivity (Wildman–Crippen MR) is 105 cm³/mol. The number of thiophene rings is 1. The first-order valence-corrected chi connectivity index (χ1v) is 9.65. The Hall–Kier alpha value is -2.71. The highest BCUT2D eigenvalue weighted by Gasteiger charge is 2.13. The summed E-state index contributed by atoms with van der Waals surface area (Å²) in [4.78, 5) is 17.7. The molecule has 1 N–H and O–H groups in total. The zero-order valence-corrected chi connectivity index (χ0v) is 15.9. The summed E-state index contributed by atoms with van der Waals surface area (Å²) >= 11 is 3.07. The number of anilines is 1. The van der Waals surface area contributed by atoms with E-state index in [4.69, 9.17) is 4.74 Å². The van der Waals surface area contributed by atoms with Crippen LogP contribution in [-0.2, 0) is 18.4 Å². The second kappa shape index (κ2) is 6.89. The van der Waals surface area contributed by atoms with Gasteiger partial charge in [-0.1, -0.05) is 23.5 Å². The van der Waals surface area contributed by atoms with E-state index in [9.17, 15) is 4.79 Å². The van der Waals surface area contributed by atoms with Gasteiger partial charge in [0.25, 0.3) is 0 Å². The summed E-state index contributed by atoms with van der Waals surface area (Å²) < 4.78 is 7.16. The Balaban J connectivity index is 1.40. The molecule has 0 unspecified atom stereocenters. The van der Waals surface area contributed by atoms with Crippen LogP contribution in [0, 0.1) is 6.92 Å². The normalized spacial score (nSPS) is 11.0. The number of benzene rings is 1. The molecule has 0 aliphatic carbocycles. The largest absolute Gasteiger partial charge is 0.444 e. The summed E-state index contributed by atoms with van der Waals surface area (Å²) in [6, 6.07) is 9.88. The average molecular weight is 384 g/mol. The van der Waals surface area contributed by atoms with Crippen molar-refractivity contribution >= 4 is 44.7 Å². The van der Waals surface area contributed by atoms with E-state index < -0.39 is 6.09 Å². The molecule has 3 aromatic heterocycles. The Morgan fingerprint density at radius 3 is 3.04 bits per heavy atom. The molecule has 6 nitrogen and oxygen atoms in total. The zero-order valence-electron chi connectivity index (χ0n) is 14.2. The van der Waals surface area contributed by atoms with Gasteiger partial charge < -0.3 is 4.74 Å². The number of fused-ring (bicyclic) bond motifs is 1. The lowest BCUT2D eigenvalue weighted by Crippen LogP contribution is -2.13. The fourth-order valence-corrected chi connectivity index (χ4v) is 4.35. The molecule has 4 rings (SSSR count). The van der Waals surface area contributed by atoms with Gasteiger partial charge in [0.15, 0.2) is 0 Å². The third-order valence-electron chi connectivity index (χ3n) is 3.92. The van der Waals surface area contributed by atoms with Crippen LogP contribution in [0.5, 0.6) is 0 Å². The van der Waals surface area contributed by atoms with Gasteiger partial charge in [-0.25, -0.2) is 9.78 Å². The summed E-state index contributed by atoms with van der Waals surface area (Å²) in [5.41, 5.74) is 2.74. The average Bonchev–Trinajstić information content (AvgIpc) is 3.35. The molecule has 0 atom stereocenters. The van der Waals surface area contributed by atoms with Crippen LogP contribution in [0.3, 0.4) is 0 Å². The number of aryl methyl sites for hydroxylation is 2. The highest BCUT2D eigenvalue weighted by Crippen LogP contribution is 2.34. The van der Waals surface area contributed by atoms with Gasteiger partial charge in [-0.15, -0.1) is 11.3 Å². The van der Waals surface area contributed by atoms with E-state index in [0.29, 0.717) is 5.00 Å². The highest BCUT2D eigenvalue weighted by molar-refractivity contribution is 7.23. The summed E-state index contributed by atoms with van der Waals surface area (Å²) in [7, 11) is 1.90. The number of nitrogens with zero attached hydrogens (tertiary/aromatic N) is 3. The molecule has 0 saturated carbocycles. The molecule has 1 aromatic carbocycles. The van der Waals surface area contributed by atoms with E-state index >= 15 is 0 Å². The molecular weight excluding hydrogens is 368 g/mol. The van der Waals surface area contributed by atoms with Crippen LogP contribution in [-0.4, -0.2) is 20.9 Å². The van der Waals surface area contributed by atoms with Crippen molar-refractivity contribution < 1.29 is 9.53 Å². The van der Waals surface area contributed by atoms with Crippen LogP contribution in [0.15, 0.2) is 41.9 Å². The number of carbonyl (C=O) groups is 1. The van der Waals surface area contributed by atoms with E-state index in [0.717, 1.165) is 32.0 Å². The third-order valence-corrected chi connectivity index (χ3v) is 6.04. The van der Waals surface area contributed by atoms with Crippen LogP contribution in [0.1, 0.15) is 11.3 Å². The van der Waals surface area contributed by atoms with Crippen molar-refractivity contribution in [3.8, 4) is 9.88 Å². The van der Waals surface area contributed by atoms with Gasteiger partial charge in [-0.2, -0.15) is 5.10 Å². The van der Waals surface area contributed by atoms with E-state index in [1.165, 1.54) is 11.3 Å². The van der Waals surface area contributed by atoms with Gasteiger partial charge in [0.2, 0.25) is 0 Å². The molecule has 0 aliphatic rings. The number of nitrogens with one attached hydrogen (secondary N) is 1. The molecule has 0 bridgehead atoms. The second-order valence-corrected chi connectivity index (χ2v) is 7.72. The minimum Gasteiger partial charge on any atom is -0.444 e. The molecule has 0 saturated heterocycles. The standard InChI is InChI=1S/C18H16N4O2S2/c1-11-16(26-17(20-11)15-4-3-7-25-15)21-18(23)24-10-12-5-6-14-13(8-12)9-19-22(14)2/h3-9H,10H2,1-2H3,(H,21,23). The maximum absolute atomic E-state index is 12.1. The molecule has 0 aliphatic heterocycles. The summed E-state index contributed by atoms with van der Waals surface area (Å²) in [6.45, 7) is 2.08. The van der Waals surface area contributed by atoms with E-state index in [-0.39, 0.29) is 6.61 Å². The van der Waals surface area contributed by atoms with Crippen LogP contribution in [0.25, 0.3) is 20.8 Å². The number of ether oxygens (including phenoxy) is 1. The lowest BCUT2D eigenvalue weighted by molar-refractivity contribution is 0.155. The highest BCUT2D eigenvalue weighted by atomic mass is 32.1. The van der Waals surface area contributed by atoms with Crippen LogP contribution in [0.4, 0.5) is 9.80 Å². The second-order valence-electron chi connectivity index (χ2n) is 5.77. The minimum absolute atomic E-state index is 0.201. The monoisotopic (exact) mass is 384 g/mol. The van der Waals surface area contributed by atoms with Crippen molar-refractivity contribution in [3.05, 3.63) is 53.2 Å². The Morgan fingerprint density at radius 2 is 2.23 bits per heavy atom. The maximum Gasteiger partial charge on any atom is 0.412 e. The summed E-state index contributed by atoms with van der Waals surface area (Å²) in [5.74, 6) is 0. The summed E-state index contributed by atoms with van der Waals surface area (Å²) in [6.07, 6.45) is 1.31. The van der Waals surface area contributed by atoms with Gasteiger partial charge in [0, 0.05) is 12.4 Å². The molecule has 8 heteroatoms.